The Morgan fingerprint density at radius 2 is 0.444 bits per heavy atom. The third-order valence-corrected chi connectivity index (χ3v) is 0. The first-order valence-electron chi connectivity index (χ1n) is 0. The van der Waals surface area contributed by atoms with Crippen molar-refractivity contribution in [2.45, 2.75) is 0 Å². The van der Waals surface area contributed by atoms with E-state index in [1.165, 1.54) is 0 Å². The molecule has 0 unspecified atom stereocenters. The summed E-state index contributed by atoms with van der Waals surface area (Å²) in [6.07, 6.45) is 0. The molecule has 0 aliphatic rings. The molecule has 0 rings (SSSR count). The predicted octanol–water partition coefficient (Wildman–Crippen LogP) is -1.07. The zero-order valence-corrected chi connectivity index (χ0v) is 6.79. The minimum atomic E-state index is 0. The Balaban J connectivity index is 0. The molecule has 0 heterocycles. The van der Waals surface area contributed by atoms with Crippen LogP contribution in [0.25, 0.3) is 0 Å². The summed E-state index contributed by atoms with van der Waals surface area (Å²) in [6, 6.07) is 0. The van der Waals surface area contributed by atoms with E-state index in [1.54, 1.807) is 0 Å². The van der Waals surface area contributed by atoms with Crippen LogP contribution in [0.3, 0.4) is 0 Å². The van der Waals surface area contributed by atoms with Crippen LogP contribution in [0, 0.1) is 0 Å². The van der Waals surface area contributed by atoms with Crippen LogP contribution in [0.1, 0.15) is 0 Å². The average molecular weight is 279 g/mol. The zero-order valence-electron chi connectivity index (χ0n) is 3.68. The fourth-order valence-electron chi connectivity index (χ4n) is 0. The summed E-state index contributed by atoms with van der Waals surface area (Å²) in [5.41, 5.74) is 0. The summed E-state index contributed by atoms with van der Waals surface area (Å²) in [7, 11) is 0. The Kier molecular flexibility index (Phi) is 22600. The first-order valence-corrected chi connectivity index (χ1v) is 0. The molecule has 0 spiro atoms. The van der Waals surface area contributed by atoms with E-state index in [0.717, 1.165) is 0 Å². The van der Waals surface area contributed by atoms with Gasteiger partial charge < -0.3 is 32.9 Å². The number of hydrogen-bond donors (Lipinski definition) is 0. The third kappa shape index (κ3) is 296. The first-order chi connectivity index (χ1) is 0. The van der Waals surface area contributed by atoms with Crippen LogP contribution in [0.4, 0.5) is 0 Å². The van der Waals surface area contributed by atoms with Gasteiger partial charge in [0.2, 0.25) is 0 Å². The molecule has 70 valence electrons. The Labute approximate surface area is 83.5 Å². The van der Waals surface area contributed by atoms with Crippen LogP contribution in [0.15, 0.2) is 0 Å². The molecule has 0 aromatic heterocycles. The molecule has 2 radical (unpaired) electrons. The van der Waals surface area contributed by atoms with Gasteiger partial charge in [-0.25, -0.2) is 0 Å². The molecule has 0 aliphatic carbocycles. The maximum absolute atomic E-state index is 0. The molecule has 0 atom stereocenters. The maximum Gasteiger partial charge on any atom is 2.00 e. The van der Waals surface area contributed by atoms with Gasteiger partial charge in [0.1, 0.15) is 0 Å². The normalized spacial score (nSPS) is 0. The Bertz CT molecular complexity index is 13.0. The van der Waals surface area contributed by atoms with Crippen molar-refractivity contribution in [1.29, 1.82) is 0 Å². The van der Waals surface area contributed by atoms with Crippen LogP contribution >= 0.6 is 0 Å². The van der Waals surface area contributed by atoms with Crippen LogP contribution in [0.2, 0.25) is 0 Å². The molecule has 0 bridgehead atoms. The summed E-state index contributed by atoms with van der Waals surface area (Å²) >= 11 is 0. The predicted molar refractivity (Wildman–Crippen MR) is 11.6 cm³/mol. The molecule has 0 fully saturated rings. The van der Waals surface area contributed by atoms with Crippen LogP contribution < -0.4 is 0 Å². The van der Waals surface area contributed by atoms with Crippen molar-refractivity contribution in [3.63, 3.8) is 0 Å². The van der Waals surface area contributed by atoms with E-state index in [0.29, 0.717) is 0 Å². The summed E-state index contributed by atoms with van der Waals surface area (Å²) in [4.78, 5) is 0. The van der Waals surface area contributed by atoms with Gasteiger partial charge in [-0.05, 0) is 0 Å². The number of hydrogen-bond acceptors (Lipinski definition) is 6. The first kappa shape index (κ1) is 532. The summed E-state index contributed by atoms with van der Waals surface area (Å²) in [5, 5.41) is 0. The minimum absolute atomic E-state index is 0. The fraction of sp³-hybridized carbons (Fsp3) is 0. The van der Waals surface area contributed by atoms with Crippen molar-refractivity contribution in [3.8, 4) is 0 Å². The van der Waals surface area contributed by atoms with E-state index in [4.69, 9.17) is 0 Å². The Hall–Kier alpha value is 1.29. The summed E-state index contributed by atoms with van der Waals surface area (Å²) in [5.74, 6) is 0. The van der Waals surface area contributed by atoms with Gasteiger partial charge >= 0.3 is 50.6 Å². The second-order valence-corrected chi connectivity index (χ2v) is 0. The van der Waals surface area contributed by atoms with Crippen LogP contribution in [0.5, 0.6) is 0 Å². The van der Waals surface area contributed by atoms with Crippen molar-refractivity contribution in [2.75, 3.05) is 0 Å². The van der Waals surface area contributed by atoms with Crippen molar-refractivity contribution in [1.82, 2.24) is 0 Å². The molecule has 0 saturated carbocycles. The van der Waals surface area contributed by atoms with E-state index in [1.807, 2.05) is 0 Å². The van der Waals surface area contributed by atoms with Gasteiger partial charge in [0.05, 0.1) is 0 Å². The van der Waals surface area contributed by atoms with E-state index in [-0.39, 0.29) is 83.5 Å². The van der Waals surface area contributed by atoms with Crippen LogP contribution in [-0.2, 0) is 50.6 Å². The molecule has 9 heteroatoms. The molecule has 0 aromatic rings. The third-order valence-electron chi connectivity index (χ3n) is 0. The fourth-order valence-corrected chi connectivity index (χ4v) is 0. The second kappa shape index (κ2) is 383. The Morgan fingerprint density at radius 3 is 0.444 bits per heavy atom. The van der Waals surface area contributed by atoms with Crippen molar-refractivity contribution < 1.29 is 83.5 Å². The van der Waals surface area contributed by atoms with Gasteiger partial charge in [0.25, 0.3) is 0 Å². The standard InChI is InChI=1S/Cu.Mn.Ni.6H2O/h;;;6*1H2/q3*+2;;;;;;/p-6. The van der Waals surface area contributed by atoms with Gasteiger partial charge in [-0.2, -0.15) is 0 Å². The topological polar surface area (TPSA) is 180 Å². The smallest absolute Gasteiger partial charge is 0.870 e. The molecule has 0 aliphatic heterocycles. The largest absolute Gasteiger partial charge is 2.00 e. The Morgan fingerprint density at radius 1 is 0.444 bits per heavy atom. The average Bonchev–Trinajstić information content (AvgIpc) is 0. The van der Waals surface area contributed by atoms with E-state index >= 15 is 0 Å². The van der Waals surface area contributed by atoms with E-state index in [9.17, 15) is 0 Å². The van der Waals surface area contributed by atoms with Crippen LogP contribution in [-0.4, -0.2) is 32.9 Å². The molecule has 0 aromatic carbocycles. The molecular weight excluding hydrogens is 273 g/mol. The van der Waals surface area contributed by atoms with Crippen molar-refractivity contribution in [3.05, 3.63) is 0 Å². The molecule has 6 nitrogen and oxygen atoms in total. The molecule has 0 amide bonds. The van der Waals surface area contributed by atoms with Gasteiger partial charge in [0, 0.05) is 0 Å². The molecule has 6 N–H and O–H groups in total. The zero-order chi connectivity index (χ0) is 0. The van der Waals surface area contributed by atoms with Gasteiger partial charge in [-0.1, -0.05) is 0 Å². The monoisotopic (exact) mass is 278 g/mol. The SMILES string of the molecule is [Cu+2].[Mn+2].[Ni+2].[OH-].[OH-].[OH-].[OH-].[OH-].[OH-]. The van der Waals surface area contributed by atoms with Crippen molar-refractivity contribution >= 4 is 0 Å². The molecule has 0 saturated heterocycles. The quantitative estimate of drug-likeness (QED) is 0.508. The van der Waals surface area contributed by atoms with Gasteiger partial charge in [-0.15, -0.1) is 0 Å². The van der Waals surface area contributed by atoms with Crippen molar-refractivity contribution in [2.24, 2.45) is 0 Å². The van der Waals surface area contributed by atoms with Gasteiger partial charge in [-0.3, -0.25) is 0 Å². The van der Waals surface area contributed by atoms with E-state index < -0.39 is 0 Å². The maximum atomic E-state index is 0. The minimum Gasteiger partial charge on any atom is -0.870 e. The second-order valence-electron chi connectivity index (χ2n) is 0. The van der Waals surface area contributed by atoms with Gasteiger partial charge in [0.15, 0.2) is 0 Å². The summed E-state index contributed by atoms with van der Waals surface area (Å²) < 4.78 is 0. The molecule has 9 heavy (non-hydrogen) atoms. The summed E-state index contributed by atoms with van der Waals surface area (Å²) in [6.45, 7) is 0. The van der Waals surface area contributed by atoms with E-state index in [2.05, 4.69) is 0 Å². The molecular formula is H6CuMnNiO6. The number of rotatable bonds is 0.